The van der Waals surface area contributed by atoms with Gasteiger partial charge < -0.3 is 4.90 Å². The summed E-state index contributed by atoms with van der Waals surface area (Å²) in [5.41, 5.74) is 0. The minimum absolute atomic E-state index is 0.218. The molecule has 0 aliphatic carbocycles. The third-order valence-electron chi connectivity index (χ3n) is 2.18. The quantitative estimate of drug-likeness (QED) is 0.677. The Morgan fingerprint density at radius 1 is 1.53 bits per heavy atom. The minimum Gasteiger partial charge on any atom is -0.341 e. The first-order chi connectivity index (χ1) is 6.84. The SMILES string of the molecule is CCN(CCC#N)C(=O)C(C)S(C)(=O)=O. The molecule has 0 rings (SSSR count). The first-order valence-electron chi connectivity index (χ1n) is 4.69. The molecule has 86 valence electrons. The van der Waals surface area contributed by atoms with E-state index in [1.54, 1.807) is 6.92 Å². The highest BCUT2D eigenvalue weighted by Crippen LogP contribution is 2.04. The van der Waals surface area contributed by atoms with Gasteiger partial charge in [0.15, 0.2) is 9.84 Å². The van der Waals surface area contributed by atoms with Crippen molar-refractivity contribution < 1.29 is 13.2 Å². The maximum atomic E-state index is 11.7. The predicted octanol–water partition coefficient (Wildman–Crippen LogP) is 0.182. The molecule has 0 saturated carbocycles. The zero-order valence-electron chi connectivity index (χ0n) is 9.23. The Labute approximate surface area is 90.6 Å². The predicted molar refractivity (Wildman–Crippen MR) is 56.8 cm³/mol. The molecule has 1 atom stereocenters. The van der Waals surface area contributed by atoms with Crippen LogP contribution >= 0.6 is 0 Å². The third-order valence-corrected chi connectivity index (χ3v) is 3.66. The Bertz CT molecular complexity index is 356. The molecule has 5 nitrogen and oxygen atoms in total. The summed E-state index contributed by atoms with van der Waals surface area (Å²) >= 11 is 0. The maximum Gasteiger partial charge on any atom is 0.240 e. The van der Waals surface area contributed by atoms with Gasteiger partial charge in [-0.1, -0.05) is 0 Å². The Hall–Kier alpha value is -1.09. The van der Waals surface area contributed by atoms with Gasteiger partial charge in [0.1, 0.15) is 5.25 Å². The van der Waals surface area contributed by atoms with Gasteiger partial charge in [0.2, 0.25) is 5.91 Å². The molecule has 0 spiro atoms. The first-order valence-corrected chi connectivity index (χ1v) is 6.64. The molecule has 0 saturated heterocycles. The zero-order chi connectivity index (χ0) is 12.1. The summed E-state index contributed by atoms with van der Waals surface area (Å²) in [5.74, 6) is -0.435. The molecule has 0 radical (unpaired) electrons. The second kappa shape index (κ2) is 5.71. The molecule has 0 aromatic rings. The zero-order valence-corrected chi connectivity index (χ0v) is 10.0. The second-order valence-corrected chi connectivity index (χ2v) is 5.66. The standard InChI is InChI=1S/C9H16N2O3S/c1-4-11(7-5-6-10)9(12)8(2)15(3,13)14/h8H,4-5,7H2,1-3H3. The van der Waals surface area contributed by atoms with Crippen molar-refractivity contribution in [3.05, 3.63) is 0 Å². The fraction of sp³-hybridized carbons (Fsp3) is 0.778. The van der Waals surface area contributed by atoms with Crippen LogP contribution in [0, 0.1) is 11.3 Å². The van der Waals surface area contributed by atoms with Crippen LogP contribution in [-0.4, -0.2) is 43.8 Å². The Balaban J connectivity index is 4.60. The second-order valence-electron chi connectivity index (χ2n) is 3.30. The van der Waals surface area contributed by atoms with Gasteiger partial charge in [-0.25, -0.2) is 8.42 Å². The molecular formula is C9H16N2O3S. The van der Waals surface area contributed by atoms with Crippen molar-refractivity contribution in [3.63, 3.8) is 0 Å². The van der Waals surface area contributed by atoms with E-state index in [-0.39, 0.29) is 13.0 Å². The highest BCUT2D eigenvalue weighted by Gasteiger charge is 2.27. The summed E-state index contributed by atoms with van der Waals surface area (Å²) in [4.78, 5) is 13.0. The van der Waals surface area contributed by atoms with E-state index in [4.69, 9.17) is 5.26 Å². The van der Waals surface area contributed by atoms with E-state index in [1.165, 1.54) is 11.8 Å². The number of carbonyl (C=O) groups is 1. The Morgan fingerprint density at radius 3 is 2.40 bits per heavy atom. The summed E-state index contributed by atoms with van der Waals surface area (Å²) in [6, 6.07) is 1.92. The van der Waals surface area contributed by atoms with Crippen LogP contribution in [0.4, 0.5) is 0 Å². The number of hydrogen-bond acceptors (Lipinski definition) is 4. The molecule has 6 heteroatoms. The van der Waals surface area contributed by atoms with Crippen LogP contribution in [0.5, 0.6) is 0 Å². The van der Waals surface area contributed by atoms with Crippen LogP contribution in [0.3, 0.4) is 0 Å². The van der Waals surface area contributed by atoms with E-state index < -0.39 is 21.0 Å². The number of nitriles is 1. The van der Waals surface area contributed by atoms with Gasteiger partial charge in [-0.15, -0.1) is 0 Å². The topological polar surface area (TPSA) is 78.2 Å². The number of rotatable bonds is 5. The molecule has 1 amide bonds. The van der Waals surface area contributed by atoms with E-state index in [0.29, 0.717) is 6.54 Å². The van der Waals surface area contributed by atoms with Gasteiger partial charge >= 0.3 is 0 Å². The average molecular weight is 232 g/mol. The van der Waals surface area contributed by atoms with Crippen LogP contribution in [0.25, 0.3) is 0 Å². The lowest BCUT2D eigenvalue weighted by Crippen LogP contribution is -2.41. The molecule has 15 heavy (non-hydrogen) atoms. The largest absolute Gasteiger partial charge is 0.341 e. The molecule has 0 fully saturated rings. The van der Waals surface area contributed by atoms with Gasteiger partial charge in [-0.2, -0.15) is 5.26 Å². The van der Waals surface area contributed by atoms with E-state index in [9.17, 15) is 13.2 Å². The van der Waals surface area contributed by atoms with Crippen LogP contribution in [0.15, 0.2) is 0 Å². The Kier molecular flexibility index (Phi) is 5.29. The minimum atomic E-state index is -3.36. The van der Waals surface area contributed by atoms with Gasteiger partial charge in [-0.3, -0.25) is 4.79 Å². The lowest BCUT2D eigenvalue weighted by Gasteiger charge is -2.22. The van der Waals surface area contributed by atoms with Crippen molar-refractivity contribution in [2.45, 2.75) is 25.5 Å². The van der Waals surface area contributed by atoms with Crippen molar-refractivity contribution in [3.8, 4) is 6.07 Å². The van der Waals surface area contributed by atoms with E-state index in [2.05, 4.69) is 0 Å². The molecule has 1 unspecified atom stereocenters. The van der Waals surface area contributed by atoms with E-state index in [0.717, 1.165) is 6.26 Å². The number of amides is 1. The third kappa shape index (κ3) is 4.30. The van der Waals surface area contributed by atoms with Crippen molar-refractivity contribution in [1.82, 2.24) is 4.90 Å². The lowest BCUT2D eigenvalue weighted by atomic mass is 10.3. The molecule has 0 N–H and O–H groups in total. The smallest absolute Gasteiger partial charge is 0.240 e. The van der Waals surface area contributed by atoms with Crippen LogP contribution in [0.2, 0.25) is 0 Å². The fourth-order valence-corrected chi connectivity index (χ4v) is 1.56. The summed E-state index contributed by atoms with van der Waals surface area (Å²) in [6.45, 7) is 3.82. The summed E-state index contributed by atoms with van der Waals surface area (Å²) < 4.78 is 22.3. The van der Waals surface area contributed by atoms with Gasteiger partial charge in [0.25, 0.3) is 0 Å². The highest BCUT2D eigenvalue weighted by molar-refractivity contribution is 7.92. The molecule has 0 aromatic heterocycles. The summed E-state index contributed by atoms with van der Waals surface area (Å²) in [5, 5.41) is 7.35. The normalized spacial score (nSPS) is 12.9. The lowest BCUT2D eigenvalue weighted by molar-refractivity contribution is -0.130. The highest BCUT2D eigenvalue weighted by atomic mass is 32.2. The monoisotopic (exact) mass is 232 g/mol. The molecule has 0 aromatic carbocycles. The van der Waals surface area contributed by atoms with Gasteiger partial charge in [0.05, 0.1) is 12.5 Å². The first kappa shape index (κ1) is 13.9. The van der Waals surface area contributed by atoms with Crippen LogP contribution in [0.1, 0.15) is 20.3 Å². The van der Waals surface area contributed by atoms with Gasteiger partial charge in [-0.05, 0) is 13.8 Å². The number of nitrogens with zero attached hydrogens (tertiary/aromatic N) is 2. The van der Waals surface area contributed by atoms with E-state index in [1.807, 2.05) is 6.07 Å². The number of sulfone groups is 1. The van der Waals surface area contributed by atoms with Gasteiger partial charge in [0, 0.05) is 19.3 Å². The number of hydrogen-bond donors (Lipinski definition) is 0. The van der Waals surface area contributed by atoms with E-state index >= 15 is 0 Å². The molecule has 0 bridgehead atoms. The van der Waals surface area contributed by atoms with Crippen molar-refractivity contribution in [2.24, 2.45) is 0 Å². The van der Waals surface area contributed by atoms with Crippen molar-refractivity contribution in [1.29, 1.82) is 5.26 Å². The molecule has 0 heterocycles. The molecular weight excluding hydrogens is 216 g/mol. The summed E-state index contributed by atoms with van der Waals surface area (Å²) in [7, 11) is -3.36. The maximum absolute atomic E-state index is 11.7. The van der Waals surface area contributed by atoms with Crippen molar-refractivity contribution in [2.75, 3.05) is 19.3 Å². The average Bonchev–Trinajstić information content (AvgIpc) is 2.16. The van der Waals surface area contributed by atoms with Crippen LogP contribution < -0.4 is 0 Å². The number of carbonyl (C=O) groups excluding carboxylic acids is 1. The molecule has 0 aliphatic rings. The molecule has 0 aliphatic heterocycles. The Morgan fingerprint density at radius 2 is 2.07 bits per heavy atom. The summed E-state index contributed by atoms with van der Waals surface area (Å²) in [6.07, 6.45) is 1.25. The van der Waals surface area contributed by atoms with Crippen molar-refractivity contribution >= 4 is 15.7 Å². The van der Waals surface area contributed by atoms with Crippen LogP contribution in [-0.2, 0) is 14.6 Å². The fourth-order valence-electron chi connectivity index (χ4n) is 1.05.